The van der Waals surface area contributed by atoms with Crippen LogP contribution in [0, 0.1) is 17.8 Å². The molecular formula is C29H46O. The van der Waals surface area contributed by atoms with Crippen molar-refractivity contribution in [2.75, 3.05) is 0 Å². The first-order valence-corrected chi connectivity index (χ1v) is 13.5. The fourth-order valence-corrected chi connectivity index (χ4v) is 7.00. The summed E-state index contributed by atoms with van der Waals surface area (Å²) >= 11 is 0. The summed E-state index contributed by atoms with van der Waals surface area (Å²) in [4.78, 5) is 0. The molecule has 4 rings (SSSR count). The molecule has 168 valence electrons. The second-order valence-electron chi connectivity index (χ2n) is 11.1. The van der Waals surface area contributed by atoms with Crippen molar-refractivity contribution < 1.29 is 5.11 Å². The number of hydrogen-bond acceptors (Lipinski definition) is 1. The minimum absolute atomic E-state index is 0.0492. The number of benzene rings is 1. The van der Waals surface area contributed by atoms with E-state index in [1.165, 1.54) is 82.6 Å². The van der Waals surface area contributed by atoms with E-state index in [4.69, 9.17) is 0 Å². The van der Waals surface area contributed by atoms with Gasteiger partial charge in [-0.15, -0.1) is 0 Å². The van der Waals surface area contributed by atoms with Crippen LogP contribution in [0.3, 0.4) is 0 Å². The van der Waals surface area contributed by atoms with Gasteiger partial charge < -0.3 is 5.11 Å². The summed E-state index contributed by atoms with van der Waals surface area (Å²) in [5.74, 6) is 4.59. The number of rotatable bonds is 7. The molecule has 3 saturated carbocycles. The fraction of sp³-hybridized carbons (Fsp3) is 0.793. The van der Waals surface area contributed by atoms with Crippen LogP contribution in [0.15, 0.2) is 24.3 Å². The molecule has 0 aliphatic heterocycles. The normalized spacial score (nSPS) is 35.3. The first kappa shape index (κ1) is 22.4. The standard InChI is InChI=1S/C29H46O/c1-2-3-4-5-22-6-8-23(9-7-22)24-10-12-25(13-11-24)26-14-16-27(17-15-26)28-18-20-29(30)21-19-28/h14-17,22-25,28-30H,2-13,18-21H2,1H3. The summed E-state index contributed by atoms with van der Waals surface area (Å²) in [6, 6.07) is 9.69. The van der Waals surface area contributed by atoms with Crippen LogP contribution < -0.4 is 0 Å². The van der Waals surface area contributed by atoms with E-state index in [1.807, 2.05) is 0 Å². The van der Waals surface area contributed by atoms with E-state index in [9.17, 15) is 5.11 Å². The van der Waals surface area contributed by atoms with E-state index in [0.29, 0.717) is 5.92 Å². The molecule has 0 unspecified atom stereocenters. The van der Waals surface area contributed by atoms with Gasteiger partial charge in [0.25, 0.3) is 0 Å². The largest absolute Gasteiger partial charge is 0.393 e. The summed E-state index contributed by atoms with van der Waals surface area (Å²) in [5.41, 5.74) is 3.10. The molecule has 1 heteroatoms. The first-order chi connectivity index (χ1) is 14.7. The lowest BCUT2D eigenvalue weighted by atomic mass is 9.68. The Kier molecular flexibility index (Phi) is 8.33. The Morgan fingerprint density at radius 3 is 1.60 bits per heavy atom. The van der Waals surface area contributed by atoms with Crippen LogP contribution in [0.2, 0.25) is 0 Å². The Hall–Kier alpha value is -0.820. The Morgan fingerprint density at radius 1 is 0.633 bits per heavy atom. The van der Waals surface area contributed by atoms with Crippen molar-refractivity contribution in [2.24, 2.45) is 17.8 Å². The van der Waals surface area contributed by atoms with Crippen LogP contribution in [0.4, 0.5) is 0 Å². The highest BCUT2D eigenvalue weighted by Gasteiger charge is 2.31. The van der Waals surface area contributed by atoms with Crippen LogP contribution in [0.25, 0.3) is 0 Å². The smallest absolute Gasteiger partial charge is 0.0540 e. The zero-order valence-corrected chi connectivity index (χ0v) is 19.5. The van der Waals surface area contributed by atoms with Crippen LogP contribution in [0.5, 0.6) is 0 Å². The molecule has 0 atom stereocenters. The Bertz CT molecular complexity index is 596. The fourth-order valence-electron chi connectivity index (χ4n) is 7.00. The van der Waals surface area contributed by atoms with E-state index in [0.717, 1.165) is 49.4 Å². The van der Waals surface area contributed by atoms with Crippen LogP contribution in [-0.4, -0.2) is 11.2 Å². The SMILES string of the molecule is CCCCCC1CCC(C2CCC(c3ccc(C4CCC(O)CC4)cc3)CC2)CC1. The summed E-state index contributed by atoms with van der Waals surface area (Å²) in [6.45, 7) is 2.32. The van der Waals surface area contributed by atoms with Crippen molar-refractivity contribution in [3.05, 3.63) is 35.4 Å². The molecule has 0 bridgehead atoms. The van der Waals surface area contributed by atoms with Crippen molar-refractivity contribution in [3.8, 4) is 0 Å². The number of unbranched alkanes of at least 4 members (excludes halogenated alkanes) is 2. The van der Waals surface area contributed by atoms with Gasteiger partial charge in [0.15, 0.2) is 0 Å². The molecule has 0 amide bonds. The predicted molar refractivity (Wildman–Crippen MR) is 128 cm³/mol. The monoisotopic (exact) mass is 410 g/mol. The summed E-state index contributed by atoms with van der Waals surface area (Å²) in [6.07, 6.45) is 21.9. The van der Waals surface area contributed by atoms with Gasteiger partial charge in [-0.25, -0.2) is 0 Å². The van der Waals surface area contributed by atoms with E-state index in [1.54, 1.807) is 5.56 Å². The zero-order valence-electron chi connectivity index (χ0n) is 19.5. The van der Waals surface area contributed by atoms with Gasteiger partial charge in [-0.05, 0) is 105 Å². The lowest BCUT2D eigenvalue weighted by Crippen LogP contribution is -2.25. The quantitative estimate of drug-likeness (QED) is 0.448. The van der Waals surface area contributed by atoms with Gasteiger partial charge in [-0.3, -0.25) is 0 Å². The van der Waals surface area contributed by atoms with Crippen molar-refractivity contribution in [2.45, 2.75) is 128 Å². The third-order valence-corrected chi connectivity index (χ3v) is 9.12. The van der Waals surface area contributed by atoms with Gasteiger partial charge in [-0.2, -0.15) is 0 Å². The second kappa shape index (κ2) is 11.2. The highest BCUT2D eigenvalue weighted by molar-refractivity contribution is 5.28. The third kappa shape index (κ3) is 5.90. The number of hydrogen-bond donors (Lipinski definition) is 1. The maximum atomic E-state index is 9.76. The van der Waals surface area contributed by atoms with E-state index in [2.05, 4.69) is 31.2 Å². The third-order valence-electron chi connectivity index (χ3n) is 9.12. The zero-order chi connectivity index (χ0) is 20.8. The van der Waals surface area contributed by atoms with Gasteiger partial charge in [0.2, 0.25) is 0 Å². The Labute approximate surface area is 186 Å². The topological polar surface area (TPSA) is 20.2 Å². The number of aliphatic hydroxyl groups excluding tert-OH is 1. The molecule has 3 aliphatic carbocycles. The van der Waals surface area contributed by atoms with E-state index in [-0.39, 0.29) is 6.10 Å². The molecule has 0 heterocycles. The van der Waals surface area contributed by atoms with Crippen molar-refractivity contribution >= 4 is 0 Å². The number of aliphatic hydroxyl groups is 1. The molecule has 1 nitrogen and oxygen atoms in total. The Balaban J connectivity index is 1.20. The van der Waals surface area contributed by atoms with Gasteiger partial charge in [0.1, 0.15) is 0 Å². The van der Waals surface area contributed by atoms with Gasteiger partial charge in [0, 0.05) is 0 Å². The average Bonchev–Trinajstić information content (AvgIpc) is 2.81. The molecule has 1 aromatic carbocycles. The molecule has 1 aromatic rings. The maximum absolute atomic E-state index is 9.76. The lowest BCUT2D eigenvalue weighted by Gasteiger charge is -2.38. The second-order valence-corrected chi connectivity index (χ2v) is 11.1. The molecule has 0 aromatic heterocycles. The molecule has 0 spiro atoms. The van der Waals surface area contributed by atoms with Crippen LogP contribution in [-0.2, 0) is 0 Å². The van der Waals surface area contributed by atoms with E-state index >= 15 is 0 Å². The predicted octanol–water partition coefficient (Wildman–Crippen LogP) is 8.37. The molecule has 0 radical (unpaired) electrons. The van der Waals surface area contributed by atoms with Crippen molar-refractivity contribution in [1.29, 1.82) is 0 Å². The molecular weight excluding hydrogens is 364 g/mol. The van der Waals surface area contributed by atoms with Crippen molar-refractivity contribution in [1.82, 2.24) is 0 Å². The van der Waals surface area contributed by atoms with Gasteiger partial charge in [-0.1, -0.05) is 69.7 Å². The minimum Gasteiger partial charge on any atom is -0.393 e. The summed E-state index contributed by atoms with van der Waals surface area (Å²) in [7, 11) is 0. The Morgan fingerprint density at radius 2 is 1.10 bits per heavy atom. The molecule has 0 saturated heterocycles. The van der Waals surface area contributed by atoms with Crippen LogP contribution in [0.1, 0.15) is 133 Å². The lowest BCUT2D eigenvalue weighted by molar-refractivity contribution is 0.122. The van der Waals surface area contributed by atoms with Crippen LogP contribution >= 0.6 is 0 Å². The molecule has 1 N–H and O–H groups in total. The van der Waals surface area contributed by atoms with E-state index < -0.39 is 0 Å². The first-order valence-electron chi connectivity index (χ1n) is 13.5. The highest BCUT2D eigenvalue weighted by atomic mass is 16.3. The van der Waals surface area contributed by atoms with Crippen molar-refractivity contribution in [3.63, 3.8) is 0 Å². The minimum atomic E-state index is -0.0492. The highest BCUT2D eigenvalue weighted by Crippen LogP contribution is 2.45. The molecule has 3 fully saturated rings. The maximum Gasteiger partial charge on any atom is 0.0540 e. The summed E-state index contributed by atoms with van der Waals surface area (Å²) in [5, 5.41) is 9.76. The molecule has 30 heavy (non-hydrogen) atoms. The molecule has 3 aliphatic rings. The average molecular weight is 411 g/mol. The van der Waals surface area contributed by atoms with Gasteiger partial charge in [0.05, 0.1) is 6.10 Å². The summed E-state index contributed by atoms with van der Waals surface area (Å²) < 4.78 is 0. The van der Waals surface area contributed by atoms with Gasteiger partial charge >= 0.3 is 0 Å².